The van der Waals surface area contributed by atoms with Gasteiger partial charge in [0.05, 0.1) is 13.2 Å². The first-order valence-electron chi connectivity index (χ1n) is 35.5. The van der Waals surface area contributed by atoms with Crippen LogP contribution < -0.4 is 0 Å². The fourth-order valence-corrected chi connectivity index (χ4v) is 11.8. The van der Waals surface area contributed by atoms with Crippen LogP contribution in [0, 0.1) is 11.8 Å². The van der Waals surface area contributed by atoms with Gasteiger partial charge in [-0.05, 0) is 38.5 Å². The van der Waals surface area contributed by atoms with Gasteiger partial charge < -0.3 is 9.11 Å². The smallest absolute Gasteiger partial charge is 0.726 e. The van der Waals surface area contributed by atoms with Gasteiger partial charge in [0.25, 0.3) is 0 Å². The molecule has 0 spiro atoms. The summed E-state index contributed by atoms with van der Waals surface area (Å²) in [5.74, 6) is 0.0334. The second-order valence-corrected chi connectivity index (χ2v) is 26.7. The van der Waals surface area contributed by atoms with Crippen molar-refractivity contribution in [1.82, 2.24) is 0 Å². The minimum absolute atomic E-state index is 0. The molecule has 0 rings (SSSR count). The quantitative estimate of drug-likeness (QED) is 0.0193. The summed E-state index contributed by atoms with van der Waals surface area (Å²) in [7, 11) is -9.24. The molecule has 0 saturated carbocycles. The average Bonchev–Trinajstić information content (AvgIpc) is 3.43. The fourth-order valence-electron chi connectivity index (χ4n) is 11.2. The molecule has 0 aliphatic carbocycles. The molecule has 0 aromatic carbocycles. The van der Waals surface area contributed by atoms with E-state index in [1.54, 1.807) is 0 Å². The topological polar surface area (TPSA) is 133 Å². The van der Waals surface area contributed by atoms with E-state index in [-0.39, 0.29) is 62.8 Å². The Morgan fingerprint density at radius 2 is 0.432 bits per heavy atom. The predicted octanol–water partition coefficient (Wildman–Crippen LogP) is 23.6. The molecule has 11 heteroatoms. The largest absolute Gasteiger partial charge is 2.00 e. The summed E-state index contributed by atoms with van der Waals surface area (Å²) in [4.78, 5) is 0. The Balaban J connectivity index is -0.00000148. The van der Waals surface area contributed by atoms with E-state index < -0.39 is 20.8 Å². The minimum Gasteiger partial charge on any atom is -0.726 e. The van der Waals surface area contributed by atoms with E-state index in [2.05, 4.69) is 60.4 Å². The molecule has 0 aliphatic rings. The third-order valence-corrected chi connectivity index (χ3v) is 17.3. The van der Waals surface area contributed by atoms with E-state index >= 15 is 0 Å². The summed E-state index contributed by atoms with van der Waals surface area (Å²) in [6, 6.07) is 0. The third-order valence-electron chi connectivity index (χ3n) is 16.5. The molecular formula is C70H138CaO8S2. The van der Waals surface area contributed by atoms with Crippen LogP contribution in [0.2, 0.25) is 0 Å². The number of hydrogen-bond acceptors (Lipinski definition) is 8. The summed E-state index contributed by atoms with van der Waals surface area (Å²) in [5.41, 5.74) is 0. The van der Waals surface area contributed by atoms with Crippen molar-refractivity contribution in [2.24, 2.45) is 11.8 Å². The van der Waals surface area contributed by atoms with Crippen molar-refractivity contribution in [2.75, 3.05) is 13.2 Å². The van der Waals surface area contributed by atoms with Gasteiger partial charge in [0, 0.05) is 11.8 Å². The average molecular weight is 1210 g/mol. The van der Waals surface area contributed by atoms with Crippen LogP contribution in [0.25, 0.3) is 0 Å². The van der Waals surface area contributed by atoms with Gasteiger partial charge in [-0.15, -0.1) is 0 Å². The number of hydrogen-bond donors (Lipinski definition) is 0. The summed E-state index contributed by atoms with van der Waals surface area (Å²) < 4.78 is 74.9. The van der Waals surface area contributed by atoms with Gasteiger partial charge in [0.15, 0.2) is 0 Å². The van der Waals surface area contributed by atoms with Crippen molar-refractivity contribution in [3.8, 4) is 0 Å². The maximum absolute atomic E-state index is 10.9. The molecule has 0 aliphatic heterocycles. The van der Waals surface area contributed by atoms with Gasteiger partial charge in [-0.3, -0.25) is 8.37 Å². The molecule has 0 saturated heterocycles. The first-order chi connectivity index (χ1) is 39.0. The second-order valence-electron chi connectivity index (χ2n) is 24.6. The Bertz CT molecular complexity index is 1350. The number of rotatable bonds is 66. The van der Waals surface area contributed by atoms with E-state index in [9.17, 15) is 25.9 Å². The van der Waals surface area contributed by atoms with Crippen LogP contribution in [0.1, 0.15) is 400 Å². The van der Waals surface area contributed by atoms with E-state index in [1.165, 1.54) is 334 Å². The number of allylic oxidation sites excluding steroid dienone is 2. The zero-order chi connectivity index (χ0) is 58.8. The van der Waals surface area contributed by atoms with Gasteiger partial charge in [0.2, 0.25) is 20.8 Å². The van der Waals surface area contributed by atoms with Crippen molar-refractivity contribution in [1.29, 1.82) is 0 Å². The summed E-state index contributed by atoms with van der Waals surface area (Å²) in [6.07, 6.45) is 84.8. The molecule has 480 valence electrons. The summed E-state index contributed by atoms with van der Waals surface area (Å²) in [6.45, 7) is 9.06. The van der Waals surface area contributed by atoms with Crippen LogP contribution in [-0.4, -0.2) is 76.9 Å². The fraction of sp³-hybridized carbons (Fsp3) is 0.943. The van der Waals surface area contributed by atoms with E-state index in [1.807, 2.05) is 0 Å². The zero-order valence-corrected chi connectivity index (χ0v) is 58.5. The van der Waals surface area contributed by atoms with E-state index in [4.69, 9.17) is 0 Å². The first-order valence-corrected chi connectivity index (χ1v) is 38.2. The van der Waals surface area contributed by atoms with Gasteiger partial charge in [-0.2, -0.15) is 0 Å². The molecule has 0 bridgehead atoms. The van der Waals surface area contributed by atoms with Crippen LogP contribution in [0.15, 0.2) is 24.3 Å². The molecule has 0 aromatic rings. The minimum atomic E-state index is -4.62. The van der Waals surface area contributed by atoms with Crippen molar-refractivity contribution < 1.29 is 34.3 Å². The van der Waals surface area contributed by atoms with Crippen LogP contribution in [0.4, 0.5) is 0 Å². The molecule has 8 nitrogen and oxygen atoms in total. The molecule has 0 amide bonds. The molecular weight excluding hydrogens is 1070 g/mol. The molecule has 0 N–H and O–H groups in total. The van der Waals surface area contributed by atoms with Crippen LogP contribution in [0.3, 0.4) is 0 Å². The van der Waals surface area contributed by atoms with Gasteiger partial charge >= 0.3 is 37.7 Å². The maximum Gasteiger partial charge on any atom is 2.00 e. The Morgan fingerprint density at radius 1 is 0.272 bits per heavy atom. The molecule has 81 heavy (non-hydrogen) atoms. The third kappa shape index (κ3) is 80.5. The van der Waals surface area contributed by atoms with Gasteiger partial charge in [0.1, 0.15) is 0 Å². The molecule has 2 atom stereocenters. The number of unbranched alkanes of at least 4 members (excludes halogenated alkanes) is 52. The Labute approximate surface area is 538 Å². The van der Waals surface area contributed by atoms with Gasteiger partial charge in [-0.25, -0.2) is 16.8 Å². The maximum atomic E-state index is 10.9. The van der Waals surface area contributed by atoms with Crippen molar-refractivity contribution in [2.45, 2.75) is 400 Å². The molecule has 0 radical (unpaired) electrons. The van der Waals surface area contributed by atoms with Crippen LogP contribution in [0.5, 0.6) is 0 Å². The van der Waals surface area contributed by atoms with E-state index in [0.717, 1.165) is 38.5 Å². The SMILES string of the molecule is CCCCCCCCCCCCCCC/C=C/C(CCCCCCCCCCCCCCCC)COS(=O)(=O)[O-].CCCCCCCCCCCCCCC/C=C/C(CCCCCCCCCCCCCCCC)COS(=O)(=O)[O-].[Ca+2]. The monoisotopic (exact) mass is 1210 g/mol. The molecule has 2 unspecified atom stereocenters. The van der Waals surface area contributed by atoms with E-state index in [0.29, 0.717) is 0 Å². The first kappa shape index (κ1) is 85.7. The molecule has 0 fully saturated rings. The van der Waals surface area contributed by atoms with Crippen LogP contribution in [-0.2, 0) is 29.2 Å². The standard InChI is InChI=1S/2C35H70O4S.Ca/c2*1-3-5-7-9-11-13-15-17-19-21-23-25-27-29-31-33-35(34-39-40(36,37)38)32-30-28-26-24-22-20-18-16-14-12-10-8-6-4-2;/h2*31,33,35H,3-30,32,34H2,1-2H3,(H,36,37,38);/q;;+2/p-2/b2*33-31+;. The van der Waals surface area contributed by atoms with Crippen LogP contribution >= 0.6 is 0 Å². The Morgan fingerprint density at radius 3 is 0.605 bits per heavy atom. The van der Waals surface area contributed by atoms with Crippen molar-refractivity contribution in [3.05, 3.63) is 24.3 Å². The second kappa shape index (κ2) is 71.2. The normalized spacial score (nSPS) is 12.8. The van der Waals surface area contributed by atoms with Gasteiger partial charge in [-0.1, -0.05) is 386 Å². The predicted molar refractivity (Wildman–Crippen MR) is 353 cm³/mol. The Kier molecular flexibility index (Phi) is 75.4. The van der Waals surface area contributed by atoms with Crippen molar-refractivity contribution in [3.63, 3.8) is 0 Å². The Hall–Kier alpha value is 0.480. The summed E-state index contributed by atoms with van der Waals surface area (Å²) in [5, 5.41) is 0. The van der Waals surface area contributed by atoms with Crippen molar-refractivity contribution >= 4 is 58.5 Å². The molecule has 0 aromatic heterocycles. The zero-order valence-electron chi connectivity index (χ0n) is 54.7. The molecule has 0 heterocycles. The summed E-state index contributed by atoms with van der Waals surface area (Å²) >= 11 is 0.